The third-order valence-corrected chi connectivity index (χ3v) is 5.38. The molecule has 3 rings (SSSR count). The molecule has 1 aliphatic rings. The zero-order chi connectivity index (χ0) is 18.0. The third kappa shape index (κ3) is 5.69. The third-order valence-electron chi connectivity index (χ3n) is 5.38. The lowest BCUT2D eigenvalue weighted by Gasteiger charge is -2.21. The van der Waals surface area contributed by atoms with E-state index in [0.29, 0.717) is 5.92 Å². The molecule has 3 heteroatoms. The molecule has 1 aromatic carbocycles. The molecule has 0 spiro atoms. The van der Waals surface area contributed by atoms with Gasteiger partial charge in [-0.1, -0.05) is 49.6 Å². The first-order valence-corrected chi connectivity index (χ1v) is 10.1. The Morgan fingerprint density at radius 2 is 1.73 bits per heavy atom. The fourth-order valence-corrected chi connectivity index (χ4v) is 3.83. The SMILES string of the molecule is O=C(NCC1CCCCC1)c1cccnc1CCCCc1ccccc1. The van der Waals surface area contributed by atoms with Gasteiger partial charge in [-0.3, -0.25) is 9.78 Å². The van der Waals surface area contributed by atoms with Crippen molar-refractivity contribution in [3.05, 3.63) is 65.5 Å². The molecule has 3 nitrogen and oxygen atoms in total. The molecule has 0 atom stereocenters. The van der Waals surface area contributed by atoms with Crippen LogP contribution >= 0.6 is 0 Å². The van der Waals surface area contributed by atoms with E-state index >= 15 is 0 Å². The summed E-state index contributed by atoms with van der Waals surface area (Å²) in [5, 5.41) is 3.15. The van der Waals surface area contributed by atoms with Crippen LogP contribution in [0.3, 0.4) is 0 Å². The second kappa shape index (κ2) is 10.1. The van der Waals surface area contributed by atoms with E-state index in [0.717, 1.165) is 43.5 Å². The van der Waals surface area contributed by atoms with Gasteiger partial charge in [0.25, 0.3) is 5.91 Å². The van der Waals surface area contributed by atoms with Gasteiger partial charge in [-0.05, 0) is 62.1 Å². The number of amides is 1. The molecule has 1 amide bonds. The molecule has 0 radical (unpaired) electrons. The molecule has 138 valence electrons. The molecular formula is C23H30N2O. The summed E-state index contributed by atoms with van der Waals surface area (Å²) in [4.78, 5) is 17.1. The highest BCUT2D eigenvalue weighted by molar-refractivity contribution is 5.95. The summed E-state index contributed by atoms with van der Waals surface area (Å²) in [7, 11) is 0. The summed E-state index contributed by atoms with van der Waals surface area (Å²) in [6, 6.07) is 14.3. The first kappa shape index (κ1) is 18.6. The highest BCUT2D eigenvalue weighted by Gasteiger charge is 2.16. The standard InChI is InChI=1S/C23H30N2O/c26-23(25-18-20-13-5-2-6-14-20)21-15-9-17-24-22(21)16-8-7-12-19-10-3-1-4-11-19/h1,3-4,9-11,15,17,20H,2,5-8,12-14,16,18H2,(H,25,26). The second-order valence-electron chi connectivity index (χ2n) is 7.40. The van der Waals surface area contributed by atoms with Crippen LogP contribution in [0.2, 0.25) is 0 Å². The number of aromatic nitrogens is 1. The average Bonchev–Trinajstić information content (AvgIpc) is 2.71. The van der Waals surface area contributed by atoms with Crippen molar-refractivity contribution in [2.24, 2.45) is 5.92 Å². The van der Waals surface area contributed by atoms with Crippen LogP contribution in [0.25, 0.3) is 0 Å². The number of rotatable bonds is 8. The first-order valence-electron chi connectivity index (χ1n) is 10.1. The number of carbonyl (C=O) groups excluding carboxylic acids is 1. The van der Waals surface area contributed by atoms with Gasteiger partial charge in [0.2, 0.25) is 0 Å². The highest BCUT2D eigenvalue weighted by Crippen LogP contribution is 2.23. The molecule has 1 fully saturated rings. The van der Waals surface area contributed by atoms with Gasteiger partial charge in [0, 0.05) is 12.7 Å². The number of benzene rings is 1. The molecule has 0 bridgehead atoms. The summed E-state index contributed by atoms with van der Waals surface area (Å²) in [6.45, 7) is 0.807. The van der Waals surface area contributed by atoms with Crippen LogP contribution in [-0.4, -0.2) is 17.4 Å². The van der Waals surface area contributed by atoms with Crippen LogP contribution in [0.1, 0.15) is 66.6 Å². The van der Waals surface area contributed by atoms with Crippen LogP contribution in [0, 0.1) is 5.92 Å². The number of aryl methyl sites for hydroxylation is 2. The molecule has 0 saturated heterocycles. The molecule has 2 aromatic rings. The molecule has 0 unspecified atom stereocenters. The van der Waals surface area contributed by atoms with E-state index in [9.17, 15) is 4.79 Å². The van der Waals surface area contributed by atoms with E-state index in [-0.39, 0.29) is 5.91 Å². The topological polar surface area (TPSA) is 42.0 Å². The van der Waals surface area contributed by atoms with E-state index in [1.165, 1.54) is 37.7 Å². The molecule has 1 N–H and O–H groups in total. The minimum Gasteiger partial charge on any atom is -0.352 e. The van der Waals surface area contributed by atoms with Crippen molar-refractivity contribution in [1.29, 1.82) is 0 Å². The Balaban J connectivity index is 1.47. The molecular weight excluding hydrogens is 320 g/mol. The van der Waals surface area contributed by atoms with Crippen LogP contribution < -0.4 is 5.32 Å². The van der Waals surface area contributed by atoms with E-state index < -0.39 is 0 Å². The van der Waals surface area contributed by atoms with Crippen molar-refractivity contribution >= 4 is 5.91 Å². The van der Waals surface area contributed by atoms with Crippen molar-refractivity contribution in [3.8, 4) is 0 Å². The number of pyridine rings is 1. The Morgan fingerprint density at radius 3 is 2.54 bits per heavy atom. The average molecular weight is 351 g/mol. The first-order chi connectivity index (χ1) is 12.8. The Hall–Kier alpha value is -2.16. The molecule has 1 aromatic heterocycles. The maximum atomic E-state index is 12.6. The summed E-state index contributed by atoms with van der Waals surface area (Å²) < 4.78 is 0. The van der Waals surface area contributed by atoms with Gasteiger partial charge in [0.05, 0.1) is 11.3 Å². The Labute approximate surface area is 157 Å². The van der Waals surface area contributed by atoms with E-state index in [1.807, 2.05) is 12.1 Å². The maximum Gasteiger partial charge on any atom is 0.253 e. The van der Waals surface area contributed by atoms with Gasteiger partial charge in [-0.15, -0.1) is 0 Å². The van der Waals surface area contributed by atoms with E-state index in [1.54, 1.807) is 6.20 Å². The zero-order valence-electron chi connectivity index (χ0n) is 15.6. The second-order valence-corrected chi connectivity index (χ2v) is 7.40. The molecule has 0 aliphatic heterocycles. The number of nitrogens with zero attached hydrogens (tertiary/aromatic N) is 1. The van der Waals surface area contributed by atoms with E-state index in [4.69, 9.17) is 0 Å². The van der Waals surface area contributed by atoms with Crippen molar-refractivity contribution in [1.82, 2.24) is 10.3 Å². The summed E-state index contributed by atoms with van der Waals surface area (Å²) in [5.41, 5.74) is 3.06. The summed E-state index contributed by atoms with van der Waals surface area (Å²) >= 11 is 0. The van der Waals surface area contributed by atoms with Crippen LogP contribution in [-0.2, 0) is 12.8 Å². The number of hydrogen-bond acceptors (Lipinski definition) is 2. The van der Waals surface area contributed by atoms with Gasteiger partial charge < -0.3 is 5.32 Å². The van der Waals surface area contributed by atoms with Crippen LogP contribution in [0.5, 0.6) is 0 Å². The van der Waals surface area contributed by atoms with Crippen molar-refractivity contribution < 1.29 is 4.79 Å². The largest absolute Gasteiger partial charge is 0.352 e. The van der Waals surface area contributed by atoms with Crippen LogP contribution in [0.4, 0.5) is 0 Å². The molecule has 1 aliphatic carbocycles. The summed E-state index contributed by atoms with van der Waals surface area (Å²) in [6.07, 6.45) is 12.4. The minimum atomic E-state index is 0.0433. The lowest BCUT2D eigenvalue weighted by Crippen LogP contribution is -2.31. The van der Waals surface area contributed by atoms with Gasteiger partial charge in [0.1, 0.15) is 0 Å². The van der Waals surface area contributed by atoms with Gasteiger partial charge in [0.15, 0.2) is 0 Å². The molecule has 26 heavy (non-hydrogen) atoms. The smallest absolute Gasteiger partial charge is 0.253 e. The quantitative estimate of drug-likeness (QED) is 0.684. The number of carbonyl (C=O) groups is 1. The maximum absolute atomic E-state index is 12.6. The van der Waals surface area contributed by atoms with Gasteiger partial charge in [-0.25, -0.2) is 0 Å². The van der Waals surface area contributed by atoms with E-state index in [2.05, 4.69) is 40.6 Å². The number of unbranched alkanes of at least 4 members (excludes halogenated alkanes) is 1. The van der Waals surface area contributed by atoms with Crippen molar-refractivity contribution in [2.75, 3.05) is 6.54 Å². The lowest BCUT2D eigenvalue weighted by atomic mass is 9.89. The lowest BCUT2D eigenvalue weighted by molar-refractivity contribution is 0.0942. The van der Waals surface area contributed by atoms with Gasteiger partial charge in [-0.2, -0.15) is 0 Å². The number of nitrogens with one attached hydrogen (secondary N) is 1. The fourth-order valence-electron chi connectivity index (χ4n) is 3.83. The Bertz CT molecular complexity index is 678. The fraction of sp³-hybridized carbons (Fsp3) is 0.478. The summed E-state index contributed by atoms with van der Waals surface area (Å²) in [5.74, 6) is 0.695. The minimum absolute atomic E-state index is 0.0433. The van der Waals surface area contributed by atoms with Crippen LogP contribution in [0.15, 0.2) is 48.7 Å². The monoisotopic (exact) mass is 350 g/mol. The molecule has 1 heterocycles. The predicted octanol–water partition coefficient (Wildman–Crippen LogP) is 4.96. The van der Waals surface area contributed by atoms with Crippen molar-refractivity contribution in [3.63, 3.8) is 0 Å². The normalized spacial score (nSPS) is 14.9. The number of hydrogen-bond donors (Lipinski definition) is 1. The van der Waals surface area contributed by atoms with Gasteiger partial charge >= 0.3 is 0 Å². The zero-order valence-corrected chi connectivity index (χ0v) is 15.6. The highest BCUT2D eigenvalue weighted by atomic mass is 16.1. The molecule has 1 saturated carbocycles. The Morgan fingerprint density at radius 1 is 0.962 bits per heavy atom. The van der Waals surface area contributed by atoms with Crippen molar-refractivity contribution in [2.45, 2.75) is 57.8 Å². The Kier molecular flexibility index (Phi) is 7.24. The predicted molar refractivity (Wildman–Crippen MR) is 106 cm³/mol.